The van der Waals surface area contributed by atoms with Gasteiger partial charge in [-0.25, -0.2) is 0 Å². The van der Waals surface area contributed by atoms with Gasteiger partial charge in [-0.3, -0.25) is 0 Å². The molecule has 1 aliphatic rings. The summed E-state index contributed by atoms with van der Waals surface area (Å²) in [5.74, 6) is 3.00. The molecule has 2 atom stereocenters. The number of hydrogen-bond acceptors (Lipinski definition) is 3. The molecule has 3 heteroatoms. The lowest BCUT2D eigenvalue weighted by molar-refractivity contribution is 0.414. The van der Waals surface area contributed by atoms with E-state index >= 15 is 0 Å². The number of unbranched alkanes of at least 4 members (excludes halogenated alkanes) is 8. The molecule has 2 aromatic carbocycles. The summed E-state index contributed by atoms with van der Waals surface area (Å²) >= 11 is 0. The highest BCUT2D eigenvalue weighted by atomic mass is 16.5. The van der Waals surface area contributed by atoms with E-state index < -0.39 is 0 Å². The zero-order valence-electron chi connectivity index (χ0n) is 19.2. The van der Waals surface area contributed by atoms with E-state index in [1.807, 2.05) is 0 Å². The van der Waals surface area contributed by atoms with Crippen molar-refractivity contribution in [2.45, 2.75) is 82.5 Å². The molecule has 0 saturated heterocycles. The van der Waals surface area contributed by atoms with Gasteiger partial charge in [0.25, 0.3) is 0 Å². The van der Waals surface area contributed by atoms with Gasteiger partial charge in [-0.2, -0.15) is 5.26 Å². The van der Waals surface area contributed by atoms with Crippen LogP contribution < -0.4 is 9.47 Å². The van der Waals surface area contributed by atoms with Crippen molar-refractivity contribution in [1.29, 1.82) is 5.26 Å². The lowest BCUT2D eigenvalue weighted by Crippen LogP contribution is -2.06. The van der Waals surface area contributed by atoms with Gasteiger partial charge in [0.05, 0.1) is 20.3 Å². The van der Waals surface area contributed by atoms with Gasteiger partial charge in [0, 0.05) is 6.42 Å². The molecule has 0 amide bonds. The van der Waals surface area contributed by atoms with Gasteiger partial charge in [0.15, 0.2) is 0 Å². The maximum atomic E-state index is 8.60. The number of rotatable bonds is 13. The van der Waals surface area contributed by atoms with Crippen molar-refractivity contribution in [2.75, 3.05) is 14.2 Å². The van der Waals surface area contributed by atoms with Crippen molar-refractivity contribution in [3.05, 3.63) is 59.2 Å². The lowest BCUT2D eigenvalue weighted by Gasteiger charge is -2.21. The molecule has 0 saturated carbocycles. The minimum Gasteiger partial charge on any atom is -0.497 e. The molecule has 0 spiro atoms. The summed E-state index contributed by atoms with van der Waals surface area (Å²) < 4.78 is 10.8. The number of fused-ring (bicyclic) bond motifs is 1. The third-order valence-electron chi connectivity index (χ3n) is 6.77. The standard InChI is InChI=1S/C28H37NO2/c1-30-24-15-13-22(14-16-24)28-21-23-20-25(31-2)17-18-26(23)27(28)12-10-8-6-4-3-5-7-9-11-19-29/h13-18,20,27-28H,3-12,21H2,1-2H3. The minimum atomic E-state index is 0.535. The monoisotopic (exact) mass is 419 g/mol. The molecular formula is C28H37NO2. The summed E-state index contributed by atoms with van der Waals surface area (Å²) in [6.07, 6.45) is 13.2. The molecule has 0 fully saturated rings. The Hall–Kier alpha value is -2.47. The Labute approximate surface area is 188 Å². The van der Waals surface area contributed by atoms with Crippen LogP contribution in [0.15, 0.2) is 42.5 Å². The quantitative estimate of drug-likeness (QED) is 0.315. The molecule has 0 heterocycles. The van der Waals surface area contributed by atoms with Crippen molar-refractivity contribution in [3.8, 4) is 17.6 Å². The van der Waals surface area contributed by atoms with E-state index in [0.717, 1.165) is 24.3 Å². The number of nitrogens with zero attached hydrogens (tertiary/aromatic N) is 1. The van der Waals surface area contributed by atoms with Crippen LogP contribution in [0, 0.1) is 11.3 Å². The Bertz CT molecular complexity index is 837. The number of ether oxygens (including phenoxy) is 2. The first-order valence-electron chi connectivity index (χ1n) is 11.9. The van der Waals surface area contributed by atoms with Crippen LogP contribution in [0.1, 0.15) is 92.7 Å². The Morgan fingerprint density at radius 2 is 1.42 bits per heavy atom. The summed E-state index contributed by atoms with van der Waals surface area (Å²) in [6, 6.07) is 17.5. The minimum absolute atomic E-state index is 0.535. The molecule has 2 unspecified atom stereocenters. The third kappa shape index (κ3) is 6.50. The van der Waals surface area contributed by atoms with Crippen molar-refractivity contribution < 1.29 is 9.47 Å². The van der Waals surface area contributed by atoms with Gasteiger partial charge in [-0.05, 0) is 72.1 Å². The number of nitriles is 1. The summed E-state index contributed by atoms with van der Waals surface area (Å²) in [7, 11) is 3.47. The summed E-state index contributed by atoms with van der Waals surface area (Å²) in [6.45, 7) is 0. The van der Waals surface area contributed by atoms with Crippen LogP contribution in [0.5, 0.6) is 11.5 Å². The maximum Gasteiger partial charge on any atom is 0.119 e. The molecule has 3 rings (SSSR count). The van der Waals surface area contributed by atoms with Crippen molar-refractivity contribution in [3.63, 3.8) is 0 Å². The van der Waals surface area contributed by atoms with Crippen LogP contribution in [0.3, 0.4) is 0 Å². The highest BCUT2D eigenvalue weighted by Gasteiger charge is 2.33. The Kier molecular flexibility index (Phi) is 9.28. The summed E-state index contributed by atoms with van der Waals surface area (Å²) in [5, 5.41) is 8.60. The number of benzene rings is 2. The van der Waals surface area contributed by atoms with Gasteiger partial charge in [0.2, 0.25) is 0 Å². The first-order chi connectivity index (χ1) is 15.3. The molecule has 2 aromatic rings. The molecule has 1 aliphatic carbocycles. The van der Waals surface area contributed by atoms with Crippen LogP contribution in [0.2, 0.25) is 0 Å². The predicted molar refractivity (Wildman–Crippen MR) is 127 cm³/mol. The first-order valence-corrected chi connectivity index (χ1v) is 11.9. The molecule has 3 nitrogen and oxygen atoms in total. The van der Waals surface area contributed by atoms with E-state index in [1.54, 1.807) is 14.2 Å². The smallest absolute Gasteiger partial charge is 0.119 e. The maximum absolute atomic E-state index is 8.60. The first kappa shape index (κ1) is 23.2. The molecule has 0 aromatic heterocycles. The molecule has 31 heavy (non-hydrogen) atoms. The van der Waals surface area contributed by atoms with Crippen molar-refractivity contribution in [1.82, 2.24) is 0 Å². The Morgan fingerprint density at radius 3 is 2.06 bits per heavy atom. The fourth-order valence-electron chi connectivity index (χ4n) is 5.03. The topological polar surface area (TPSA) is 42.2 Å². The zero-order valence-corrected chi connectivity index (χ0v) is 19.2. The number of hydrogen-bond donors (Lipinski definition) is 0. The van der Waals surface area contributed by atoms with E-state index in [2.05, 4.69) is 48.5 Å². The van der Waals surface area contributed by atoms with Gasteiger partial charge in [0.1, 0.15) is 11.5 Å². The molecule has 166 valence electrons. The Balaban J connectivity index is 1.54. The summed E-state index contributed by atoms with van der Waals surface area (Å²) in [5.41, 5.74) is 4.37. The molecule has 0 aliphatic heterocycles. The van der Waals surface area contributed by atoms with Crippen LogP contribution in [-0.2, 0) is 6.42 Å². The van der Waals surface area contributed by atoms with Gasteiger partial charge >= 0.3 is 0 Å². The zero-order chi connectivity index (χ0) is 21.9. The van der Waals surface area contributed by atoms with E-state index in [9.17, 15) is 0 Å². The predicted octanol–water partition coefficient (Wildman–Crippen LogP) is 7.55. The highest BCUT2D eigenvalue weighted by Crippen LogP contribution is 2.47. The SMILES string of the molecule is COc1ccc(C2Cc3cc(OC)ccc3C2CCCCCCCCCCC#N)cc1. The molecule has 0 N–H and O–H groups in total. The average molecular weight is 420 g/mol. The van der Waals surface area contributed by atoms with Gasteiger partial charge in [-0.1, -0.05) is 63.1 Å². The van der Waals surface area contributed by atoms with E-state index in [4.69, 9.17) is 14.7 Å². The molecule has 0 radical (unpaired) electrons. The Morgan fingerprint density at radius 1 is 0.806 bits per heavy atom. The summed E-state index contributed by atoms with van der Waals surface area (Å²) in [4.78, 5) is 0. The van der Waals surface area contributed by atoms with Crippen LogP contribution in [0.25, 0.3) is 0 Å². The second kappa shape index (κ2) is 12.4. The van der Waals surface area contributed by atoms with Crippen LogP contribution >= 0.6 is 0 Å². The van der Waals surface area contributed by atoms with Gasteiger partial charge in [-0.15, -0.1) is 0 Å². The second-order valence-corrected chi connectivity index (χ2v) is 8.78. The van der Waals surface area contributed by atoms with Crippen molar-refractivity contribution in [2.24, 2.45) is 0 Å². The number of methoxy groups -OCH3 is 2. The lowest BCUT2D eigenvalue weighted by atomic mass is 9.83. The second-order valence-electron chi connectivity index (χ2n) is 8.78. The van der Waals surface area contributed by atoms with Crippen molar-refractivity contribution >= 4 is 0 Å². The fourth-order valence-corrected chi connectivity index (χ4v) is 5.03. The fraction of sp³-hybridized carbons (Fsp3) is 0.536. The van der Waals surface area contributed by atoms with Crippen LogP contribution in [0.4, 0.5) is 0 Å². The van der Waals surface area contributed by atoms with E-state index in [0.29, 0.717) is 18.3 Å². The van der Waals surface area contributed by atoms with E-state index in [1.165, 1.54) is 68.1 Å². The van der Waals surface area contributed by atoms with E-state index in [-0.39, 0.29) is 0 Å². The highest BCUT2D eigenvalue weighted by molar-refractivity contribution is 5.46. The normalized spacial score (nSPS) is 17.2. The molecular weight excluding hydrogens is 382 g/mol. The van der Waals surface area contributed by atoms with Gasteiger partial charge < -0.3 is 9.47 Å². The third-order valence-corrected chi connectivity index (χ3v) is 6.77. The largest absolute Gasteiger partial charge is 0.497 e. The average Bonchev–Trinajstić information content (AvgIpc) is 3.18. The van der Waals surface area contributed by atoms with Crippen LogP contribution in [-0.4, -0.2) is 14.2 Å². The molecule has 0 bridgehead atoms.